The number of nitrogens with zero attached hydrogens (tertiary/aromatic N) is 2. The van der Waals surface area contributed by atoms with Crippen LogP contribution in [-0.2, 0) is 11.3 Å². The molecule has 0 aromatic carbocycles. The first-order chi connectivity index (χ1) is 7.78. The molecule has 1 atom stereocenters. The first-order valence-electron chi connectivity index (χ1n) is 5.83. The minimum Gasteiger partial charge on any atom is -0.379 e. The molecule has 2 N–H and O–H groups in total. The highest BCUT2D eigenvalue weighted by molar-refractivity contribution is 5.77. The molecule has 0 radical (unpaired) electrons. The van der Waals surface area contributed by atoms with Gasteiger partial charge in [-0.05, 0) is 19.8 Å². The predicted molar refractivity (Wildman–Crippen MR) is 62.2 cm³/mol. The number of rotatable bonds is 3. The van der Waals surface area contributed by atoms with Crippen molar-refractivity contribution in [2.24, 2.45) is 0 Å². The number of nitrogens with one attached hydrogen (secondary N) is 2. The van der Waals surface area contributed by atoms with Crippen LogP contribution in [0.2, 0.25) is 0 Å². The minimum atomic E-state index is 0.137. The molecule has 1 fully saturated rings. The normalized spacial score (nSPS) is 21.3. The van der Waals surface area contributed by atoms with E-state index in [1.54, 1.807) is 0 Å². The van der Waals surface area contributed by atoms with Gasteiger partial charge in [0, 0.05) is 31.7 Å². The van der Waals surface area contributed by atoms with Crippen LogP contribution in [0.5, 0.6) is 0 Å². The summed E-state index contributed by atoms with van der Waals surface area (Å²) in [6.45, 7) is 3.72. The van der Waals surface area contributed by atoms with Gasteiger partial charge in [0.1, 0.15) is 0 Å². The van der Waals surface area contributed by atoms with Crippen molar-refractivity contribution < 1.29 is 4.79 Å². The molecule has 5 nitrogen and oxygen atoms in total. The van der Waals surface area contributed by atoms with Crippen molar-refractivity contribution in [3.05, 3.63) is 12.4 Å². The molecule has 1 aromatic rings. The third-order valence-corrected chi connectivity index (χ3v) is 2.81. The summed E-state index contributed by atoms with van der Waals surface area (Å²) in [6, 6.07) is 0.233. The van der Waals surface area contributed by atoms with Crippen molar-refractivity contribution in [1.29, 1.82) is 0 Å². The summed E-state index contributed by atoms with van der Waals surface area (Å²) < 4.78 is 1.87. The molecule has 1 aromatic heterocycles. The molecule has 1 aliphatic rings. The Morgan fingerprint density at radius 2 is 2.56 bits per heavy atom. The van der Waals surface area contributed by atoms with Crippen molar-refractivity contribution in [1.82, 2.24) is 15.1 Å². The Labute approximate surface area is 95.2 Å². The average molecular weight is 222 g/mol. The van der Waals surface area contributed by atoms with E-state index in [9.17, 15) is 4.79 Å². The third-order valence-electron chi connectivity index (χ3n) is 2.81. The summed E-state index contributed by atoms with van der Waals surface area (Å²) in [4.78, 5) is 11.4. The van der Waals surface area contributed by atoms with E-state index in [0.717, 1.165) is 31.6 Å². The van der Waals surface area contributed by atoms with Crippen molar-refractivity contribution in [3.63, 3.8) is 0 Å². The molecular weight excluding hydrogens is 204 g/mol. The highest BCUT2D eigenvalue weighted by Crippen LogP contribution is 2.13. The second kappa shape index (κ2) is 5.01. The molecular formula is C11H18N4O. The van der Waals surface area contributed by atoms with Crippen LogP contribution >= 0.6 is 0 Å². The van der Waals surface area contributed by atoms with Gasteiger partial charge in [0.15, 0.2) is 0 Å². The largest absolute Gasteiger partial charge is 0.379 e. The van der Waals surface area contributed by atoms with E-state index in [1.807, 2.05) is 17.1 Å². The van der Waals surface area contributed by atoms with Crippen molar-refractivity contribution in [2.45, 2.75) is 38.8 Å². The third kappa shape index (κ3) is 2.74. The fourth-order valence-corrected chi connectivity index (χ4v) is 1.94. The van der Waals surface area contributed by atoms with Crippen LogP contribution in [-0.4, -0.2) is 28.3 Å². The van der Waals surface area contributed by atoms with Crippen LogP contribution in [0.15, 0.2) is 12.4 Å². The molecule has 16 heavy (non-hydrogen) atoms. The number of anilines is 1. The Hall–Kier alpha value is -1.52. The maximum atomic E-state index is 11.4. The summed E-state index contributed by atoms with van der Waals surface area (Å²) >= 11 is 0. The van der Waals surface area contributed by atoms with Gasteiger partial charge in [-0.25, -0.2) is 0 Å². The highest BCUT2D eigenvalue weighted by Gasteiger charge is 2.17. The fraction of sp³-hybridized carbons (Fsp3) is 0.636. The summed E-state index contributed by atoms with van der Waals surface area (Å²) in [5.74, 6) is 0.137. The lowest BCUT2D eigenvalue weighted by atomic mass is 10.1. The van der Waals surface area contributed by atoms with Crippen molar-refractivity contribution in [2.75, 3.05) is 11.9 Å². The zero-order valence-electron chi connectivity index (χ0n) is 9.57. The molecule has 1 unspecified atom stereocenters. The SMILES string of the molecule is CCn1cc(NC2CCCNC(=O)C2)cn1. The molecule has 1 saturated heterocycles. The Balaban J connectivity index is 1.94. The van der Waals surface area contributed by atoms with Crippen LogP contribution in [0.25, 0.3) is 0 Å². The van der Waals surface area contributed by atoms with Crippen LogP contribution < -0.4 is 10.6 Å². The molecule has 5 heteroatoms. The number of hydrogen-bond donors (Lipinski definition) is 2. The van der Waals surface area contributed by atoms with Gasteiger partial charge < -0.3 is 10.6 Å². The van der Waals surface area contributed by atoms with E-state index >= 15 is 0 Å². The van der Waals surface area contributed by atoms with Gasteiger partial charge in [0.25, 0.3) is 0 Å². The van der Waals surface area contributed by atoms with E-state index in [0.29, 0.717) is 6.42 Å². The van der Waals surface area contributed by atoms with E-state index < -0.39 is 0 Å². The highest BCUT2D eigenvalue weighted by atomic mass is 16.1. The Morgan fingerprint density at radius 3 is 3.31 bits per heavy atom. The smallest absolute Gasteiger partial charge is 0.222 e. The van der Waals surface area contributed by atoms with Crippen molar-refractivity contribution in [3.8, 4) is 0 Å². The number of aryl methyl sites for hydroxylation is 1. The quantitative estimate of drug-likeness (QED) is 0.801. The number of carbonyl (C=O) groups is 1. The van der Waals surface area contributed by atoms with E-state index in [4.69, 9.17) is 0 Å². The maximum absolute atomic E-state index is 11.4. The van der Waals surface area contributed by atoms with Crippen LogP contribution in [0.4, 0.5) is 5.69 Å². The second-order valence-corrected chi connectivity index (χ2v) is 4.12. The topological polar surface area (TPSA) is 59.0 Å². The Morgan fingerprint density at radius 1 is 1.69 bits per heavy atom. The van der Waals surface area contributed by atoms with Crippen molar-refractivity contribution >= 4 is 11.6 Å². The molecule has 1 amide bonds. The maximum Gasteiger partial charge on any atom is 0.222 e. The monoisotopic (exact) mass is 222 g/mol. The lowest BCUT2D eigenvalue weighted by Gasteiger charge is -2.14. The number of hydrogen-bond acceptors (Lipinski definition) is 3. The summed E-state index contributed by atoms with van der Waals surface area (Å²) in [7, 11) is 0. The zero-order chi connectivity index (χ0) is 11.4. The molecule has 88 valence electrons. The molecule has 2 rings (SSSR count). The van der Waals surface area contributed by atoms with E-state index in [2.05, 4.69) is 22.7 Å². The molecule has 0 spiro atoms. The van der Waals surface area contributed by atoms with E-state index in [1.165, 1.54) is 0 Å². The standard InChI is InChI=1S/C11H18N4O/c1-2-15-8-10(7-13-15)14-9-4-3-5-12-11(16)6-9/h7-9,14H,2-6H2,1H3,(H,12,16). The number of carbonyl (C=O) groups excluding carboxylic acids is 1. The van der Waals surface area contributed by atoms with Gasteiger partial charge in [0.05, 0.1) is 11.9 Å². The predicted octanol–water partition coefficient (Wildman–Crippen LogP) is 0.984. The zero-order valence-corrected chi connectivity index (χ0v) is 9.57. The molecule has 0 aliphatic carbocycles. The summed E-state index contributed by atoms with van der Waals surface area (Å²) in [5.41, 5.74) is 1.00. The molecule has 0 saturated carbocycles. The van der Waals surface area contributed by atoms with Crippen LogP contribution in [0.3, 0.4) is 0 Å². The van der Waals surface area contributed by atoms with Gasteiger partial charge in [-0.3, -0.25) is 9.48 Å². The summed E-state index contributed by atoms with van der Waals surface area (Å²) in [6.07, 6.45) is 6.40. The number of amides is 1. The molecule has 0 bridgehead atoms. The van der Waals surface area contributed by atoms with E-state index in [-0.39, 0.29) is 11.9 Å². The van der Waals surface area contributed by atoms with Crippen LogP contribution in [0.1, 0.15) is 26.2 Å². The van der Waals surface area contributed by atoms with Gasteiger partial charge in [-0.2, -0.15) is 5.10 Å². The van der Waals surface area contributed by atoms with Gasteiger partial charge in [0.2, 0.25) is 5.91 Å². The fourth-order valence-electron chi connectivity index (χ4n) is 1.94. The lowest BCUT2D eigenvalue weighted by molar-refractivity contribution is -0.120. The first-order valence-corrected chi connectivity index (χ1v) is 5.83. The Bertz CT molecular complexity index is 361. The Kier molecular flexibility index (Phi) is 3.44. The first kappa shape index (κ1) is 11.0. The number of aromatic nitrogens is 2. The van der Waals surface area contributed by atoms with Crippen LogP contribution in [0, 0.1) is 0 Å². The average Bonchev–Trinajstić information content (AvgIpc) is 2.62. The van der Waals surface area contributed by atoms with Gasteiger partial charge in [-0.15, -0.1) is 0 Å². The summed E-state index contributed by atoms with van der Waals surface area (Å²) in [5, 5.41) is 10.4. The molecule has 2 heterocycles. The second-order valence-electron chi connectivity index (χ2n) is 4.12. The van der Waals surface area contributed by atoms with Gasteiger partial charge >= 0.3 is 0 Å². The van der Waals surface area contributed by atoms with Gasteiger partial charge in [-0.1, -0.05) is 0 Å². The lowest BCUT2D eigenvalue weighted by Crippen LogP contribution is -2.26. The molecule has 1 aliphatic heterocycles. The minimum absolute atomic E-state index is 0.137.